The second-order valence-corrected chi connectivity index (χ2v) is 6.20. The largest absolute Gasteiger partial charge is 0.416 e. The molecule has 0 amide bonds. The van der Waals surface area contributed by atoms with Crippen LogP contribution >= 0.6 is 0 Å². The van der Waals surface area contributed by atoms with E-state index in [1.54, 1.807) is 23.9 Å². The number of halogens is 4. The molecule has 0 aliphatic carbocycles. The SMILES string of the molecule is Cn1nc(Cc2cc(F)cc(C(F)(F)F)c2)cc1Cc1cccc(N)c1. The quantitative estimate of drug-likeness (QED) is 0.553. The van der Waals surface area contributed by atoms with E-state index in [-0.39, 0.29) is 12.0 Å². The number of nitrogens with zero attached hydrogens (tertiary/aromatic N) is 2. The van der Waals surface area contributed by atoms with Gasteiger partial charge in [0.2, 0.25) is 0 Å². The summed E-state index contributed by atoms with van der Waals surface area (Å²) in [6.07, 6.45) is -3.88. The van der Waals surface area contributed by atoms with Crippen molar-refractivity contribution in [2.75, 3.05) is 5.73 Å². The van der Waals surface area contributed by atoms with Gasteiger partial charge in [-0.25, -0.2) is 4.39 Å². The average Bonchev–Trinajstić information content (AvgIpc) is 2.85. The lowest BCUT2D eigenvalue weighted by molar-refractivity contribution is -0.137. The molecule has 3 rings (SSSR count). The Kier molecular flexibility index (Phi) is 4.71. The second-order valence-electron chi connectivity index (χ2n) is 6.20. The normalized spacial score (nSPS) is 11.7. The zero-order valence-corrected chi connectivity index (χ0v) is 14.0. The van der Waals surface area contributed by atoms with Crippen molar-refractivity contribution < 1.29 is 17.6 Å². The van der Waals surface area contributed by atoms with E-state index < -0.39 is 17.6 Å². The molecular weight excluding hydrogens is 346 g/mol. The molecule has 3 nitrogen and oxygen atoms in total. The molecule has 0 unspecified atom stereocenters. The van der Waals surface area contributed by atoms with Crippen LogP contribution in [0, 0.1) is 5.82 Å². The summed E-state index contributed by atoms with van der Waals surface area (Å²) in [7, 11) is 1.76. The maximum Gasteiger partial charge on any atom is 0.416 e. The maximum absolute atomic E-state index is 13.5. The van der Waals surface area contributed by atoms with E-state index in [0.717, 1.165) is 23.4 Å². The van der Waals surface area contributed by atoms with Crippen LogP contribution in [0.15, 0.2) is 48.5 Å². The molecule has 7 heteroatoms. The van der Waals surface area contributed by atoms with Crippen LogP contribution in [-0.4, -0.2) is 9.78 Å². The maximum atomic E-state index is 13.5. The second kappa shape index (κ2) is 6.82. The number of benzene rings is 2. The molecular formula is C19H17F4N3. The molecule has 1 heterocycles. The topological polar surface area (TPSA) is 43.8 Å². The van der Waals surface area contributed by atoms with Crippen LogP contribution in [0.3, 0.4) is 0 Å². The predicted molar refractivity (Wildman–Crippen MR) is 91.1 cm³/mol. The van der Waals surface area contributed by atoms with Gasteiger partial charge in [0, 0.05) is 31.3 Å². The Bertz CT molecular complexity index is 929. The number of rotatable bonds is 4. The number of alkyl halides is 3. The van der Waals surface area contributed by atoms with Crippen molar-refractivity contribution in [1.29, 1.82) is 0 Å². The molecule has 0 saturated heterocycles. The highest BCUT2D eigenvalue weighted by atomic mass is 19.4. The fraction of sp³-hybridized carbons (Fsp3) is 0.211. The Labute approximate surface area is 148 Å². The predicted octanol–water partition coefficient (Wildman–Crippen LogP) is 4.34. The van der Waals surface area contributed by atoms with Crippen LogP contribution < -0.4 is 5.73 Å². The minimum absolute atomic E-state index is 0.117. The highest BCUT2D eigenvalue weighted by molar-refractivity contribution is 5.42. The van der Waals surface area contributed by atoms with E-state index in [1.165, 1.54) is 0 Å². The first-order valence-corrected chi connectivity index (χ1v) is 7.93. The number of nitrogens with two attached hydrogens (primary N) is 1. The van der Waals surface area contributed by atoms with E-state index in [4.69, 9.17) is 5.73 Å². The lowest BCUT2D eigenvalue weighted by atomic mass is 10.0. The average molecular weight is 363 g/mol. The Hall–Kier alpha value is -2.83. The van der Waals surface area contributed by atoms with E-state index >= 15 is 0 Å². The van der Waals surface area contributed by atoms with Gasteiger partial charge in [-0.2, -0.15) is 18.3 Å². The Morgan fingerprint density at radius 3 is 2.46 bits per heavy atom. The summed E-state index contributed by atoms with van der Waals surface area (Å²) in [5, 5.41) is 4.33. The van der Waals surface area contributed by atoms with Crippen LogP contribution in [0.2, 0.25) is 0 Å². The molecule has 0 radical (unpaired) electrons. The van der Waals surface area contributed by atoms with Crippen molar-refractivity contribution in [3.05, 3.63) is 82.4 Å². The molecule has 0 spiro atoms. The van der Waals surface area contributed by atoms with Crippen molar-refractivity contribution >= 4 is 5.69 Å². The lowest BCUT2D eigenvalue weighted by Gasteiger charge is -2.08. The molecule has 2 N–H and O–H groups in total. The van der Waals surface area contributed by atoms with Crippen LogP contribution in [0.5, 0.6) is 0 Å². The Morgan fingerprint density at radius 1 is 1.00 bits per heavy atom. The molecule has 0 fully saturated rings. The molecule has 3 aromatic rings. The first-order chi connectivity index (χ1) is 12.2. The van der Waals surface area contributed by atoms with Crippen molar-refractivity contribution in [1.82, 2.24) is 9.78 Å². The summed E-state index contributed by atoms with van der Waals surface area (Å²) >= 11 is 0. The zero-order valence-electron chi connectivity index (χ0n) is 14.0. The molecule has 1 aromatic heterocycles. The molecule has 0 atom stereocenters. The first kappa shape index (κ1) is 18.0. The summed E-state index contributed by atoms with van der Waals surface area (Å²) in [4.78, 5) is 0. The third-order valence-electron chi connectivity index (χ3n) is 4.03. The summed E-state index contributed by atoms with van der Waals surface area (Å²) in [5.41, 5.74) is 8.12. The molecule has 26 heavy (non-hydrogen) atoms. The molecule has 0 saturated carbocycles. The van der Waals surface area contributed by atoms with Gasteiger partial charge >= 0.3 is 6.18 Å². The minimum atomic E-state index is -4.58. The molecule has 0 aliphatic heterocycles. The van der Waals surface area contributed by atoms with Crippen LogP contribution in [0.25, 0.3) is 0 Å². The lowest BCUT2D eigenvalue weighted by Crippen LogP contribution is -2.06. The smallest absolute Gasteiger partial charge is 0.399 e. The monoisotopic (exact) mass is 363 g/mol. The highest BCUT2D eigenvalue weighted by Gasteiger charge is 2.31. The van der Waals surface area contributed by atoms with Crippen molar-refractivity contribution in [3.63, 3.8) is 0 Å². The number of nitrogen functional groups attached to an aromatic ring is 1. The summed E-state index contributed by atoms with van der Waals surface area (Å²) in [6.45, 7) is 0. The van der Waals surface area contributed by atoms with Gasteiger partial charge in [-0.1, -0.05) is 12.1 Å². The standard InChI is InChI=1S/C19H17F4N3/c1-26-18(9-12-3-2-4-16(24)7-12)11-17(25-26)8-13-5-14(19(21,22)23)10-15(20)6-13/h2-7,10-11H,8-9,24H2,1H3. The van der Waals surface area contributed by atoms with Gasteiger partial charge in [0.1, 0.15) is 5.82 Å². The van der Waals surface area contributed by atoms with Crippen molar-refractivity contribution in [2.24, 2.45) is 7.05 Å². The van der Waals surface area contributed by atoms with Crippen molar-refractivity contribution in [3.8, 4) is 0 Å². The fourth-order valence-electron chi connectivity index (χ4n) is 2.86. The van der Waals surface area contributed by atoms with Gasteiger partial charge in [-0.15, -0.1) is 0 Å². The van der Waals surface area contributed by atoms with Crippen LogP contribution in [0.4, 0.5) is 23.2 Å². The summed E-state index contributed by atoms with van der Waals surface area (Å²) in [5.74, 6) is -0.911. The highest BCUT2D eigenvalue weighted by Crippen LogP contribution is 2.31. The molecule has 136 valence electrons. The van der Waals surface area contributed by atoms with Gasteiger partial charge in [0.15, 0.2) is 0 Å². The number of aryl methyl sites for hydroxylation is 1. The minimum Gasteiger partial charge on any atom is -0.399 e. The first-order valence-electron chi connectivity index (χ1n) is 7.93. The Balaban J connectivity index is 1.83. The number of hydrogen-bond donors (Lipinski definition) is 1. The van der Waals surface area contributed by atoms with E-state index in [2.05, 4.69) is 5.10 Å². The number of hydrogen-bond acceptors (Lipinski definition) is 2. The fourth-order valence-corrected chi connectivity index (χ4v) is 2.86. The number of aromatic nitrogens is 2. The van der Waals surface area contributed by atoms with Gasteiger partial charge in [-0.3, -0.25) is 4.68 Å². The summed E-state index contributed by atoms with van der Waals surface area (Å²) in [6, 6.07) is 11.8. The third-order valence-corrected chi connectivity index (χ3v) is 4.03. The summed E-state index contributed by atoms with van der Waals surface area (Å²) < 4.78 is 53.7. The van der Waals surface area contributed by atoms with E-state index in [1.807, 2.05) is 18.2 Å². The van der Waals surface area contributed by atoms with E-state index in [9.17, 15) is 17.6 Å². The van der Waals surface area contributed by atoms with Gasteiger partial charge in [0.25, 0.3) is 0 Å². The molecule has 0 bridgehead atoms. The third kappa shape index (κ3) is 4.22. The molecule has 2 aromatic carbocycles. The van der Waals surface area contributed by atoms with Crippen molar-refractivity contribution in [2.45, 2.75) is 19.0 Å². The zero-order chi connectivity index (χ0) is 18.9. The van der Waals surface area contributed by atoms with Gasteiger partial charge in [-0.05, 0) is 47.5 Å². The van der Waals surface area contributed by atoms with Crippen LogP contribution in [-0.2, 0) is 26.1 Å². The molecule has 0 aliphatic rings. The number of anilines is 1. The van der Waals surface area contributed by atoms with Gasteiger partial charge in [0.05, 0.1) is 11.3 Å². The van der Waals surface area contributed by atoms with Crippen LogP contribution in [0.1, 0.15) is 28.1 Å². The Morgan fingerprint density at radius 2 is 1.77 bits per heavy atom. The van der Waals surface area contributed by atoms with E-state index in [0.29, 0.717) is 23.9 Å². The van der Waals surface area contributed by atoms with Gasteiger partial charge < -0.3 is 5.73 Å².